The third-order valence-corrected chi connectivity index (χ3v) is 5.73. The highest BCUT2D eigenvalue weighted by Gasteiger charge is 2.16. The summed E-state index contributed by atoms with van der Waals surface area (Å²) < 4.78 is 11.9. The van der Waals surface area contributed by atoms with Crippen molar-refractivity contribution in [3.05, 3.63) is 86.9 Å². The van der Waals surface area contributed by atoms with Crippen LogP contribution in [0.15, 0.2) is 70.7 Å². The lowest BCUT2D eigenvalue weighted by molar-refractivity contribution is -0.118. The van der Waals surface area contributed by atoms with Crippen LogP contribution in [0.3, 0.4) is 0 Å². The number of hydrogen-bond donors (Lipinski definition) is 2. The first kappa shape index (κ1) is 26.8. The molecule has 2 N–H and O–H groups in total. The Morgan fingerprint density at radius 3 is 2.47 bits per heavy atom. The van der Waals surface area contributed by atoms with E-state index in [1.54, 1.807) is 55.5 Å². The van der Waals surface area contributed by atoms with Gasteiger partial charge in [0.2, 0.25) is 0 Å². The highest BCUT2D eigenvalue weighted by molar-refractivity contribution is 9.10. The fourth-order valence-corrected chi connectivity index (χ4v) is 3.87. The van der Waals surface area contributed by atoms with Crippen LogP contribution in [0, 0.1) is 18.3 Å². The molecule has 3 aromatic carbocycles. The lowest BCUT2D eigenvalue weighted by Gasteiger charge is -2.15. The summed E-state index contributed by atoms with van der Waals surface area (Å²) in [6, 6.07) is 19.4. The van der Waals surface area contributed by atoms with E-state index in [-0.39, 0.29) is 12.2 Å². The van der Waals surface area contributed by atoms with Crippen LogP contribution in [0.2, 0.25) is 5.02 Å². The molecule has 9 heteroatoms. The second-order valence-corrected chi connectivity index (χ2v) is 8.83. The molecule has 36 heavy (non-hydrogen) atoms. The van der Waals surface area contributed by atoms with Crippen molar-refractivity contribution in [2.24, 2.45) is 0 Å². The predicted molar refractivity (Wildman–Crippen MR) is 144 cm³/mol. The monoisotopic (exact) mass is 567 g/mol. The molecule has 7 nitrogen and oxygen atoms in total. The van der Waals surface area contributed by atoms with Crippen LogP contribution >= 0.6 is 27.5 Å². The Hall–Kier alpha value is -3.80. The number of benzene rings is 3. The topological polar surface area (TPSA) is 100 Å². The van der Waals surface area contributed by atoms with Crippen molar-refractivity contribution in [1.82, 2.24) is 0 Å². The number of para-hydroxylation sites is 1. The third kappa shape index (κ3) is 7.35. The molecule has 0 aliphatic heterocycles. The van der Waals surface area contributed by atoms with Gasteiger partial charge in [0.15, 0.2) is 18.1 Å². The molecular weight excluding hydrogens is 546 g/mol. The number of carbonyl (C=O) groups excluding carboxylic acids is 2. The standard InChI is InChI=1S/C27H23BrClN3O4/c1-3-35-24-14-18(12-19(15-30)27(34)31-20-10-8-17(2)9-11-20)13-21(28)26(24)36-16-25(33)32-23-7-5-4-6-22(23)29/h4-14H,3,16H2,1-2H3,(H,31,34)(H,32,33)/b19-12-. The predicted octanol–water partition coefficient (Wildman–Crippen LogP) is 6.37. The van der Waals surface area contributed by atoms with Gasteiger partial charge in [-0.1, -0.05) is 41.4 Å². The van der Waals surface area contributed by atoms with E-state index in [9.17, 15) is 14.9 Å². The van der Waals surface area contributed by atoms with Gasteiger partial charge >= 0.3 is 0 Å². The molecule has 0 aliphatic carbocycles. The van der Waals surface area contributed by atoms with E-state index < -0.39 is 11.8 Å². The minimum atomic E-state index is -0.535. The van der Waals surface area contributed by atoms with Crippen molar-refractivity contribution in [2.45, 2.75) is 13.8 Å². The molecule has 0 heterocycles. The van der Waals surface area contributed by atoms with E-state index in [0.717, 1.165) is 5.56 Å². The molecule has 3 aromatic rings. The number of anilines is 2. The van der Waals surface area contributed by atoms with Crippen molar-refractivity contribution in [3.8, 4) is 17.6 Å². The molecule has 0 bridgehead atoms. The number of nitriles is 1. The van der Waals surface area contributed by atoms with E-state index in [4.69, 9.17) is 21.1 Å². The van der Waals surface area contributed by atoms with Crippen LogP contribution in [0.25, 0.3) is 6.08 Å². The molecule has 3 rings (SSSR count). The maximum Gasteiger partial charge on any atom is 0.266 e. The summed E-state index contributed by atoms with van der Waals surface area (Å²) in [4.78, 5) is 25.0. The van der Waals surface area contributed by atoms with E-state index in [1.807, 2.05) is 25.1 Å². The van der Waals surface area contributed by atoms with Crippen molar-refractivity contribution in [1.29, 1.82) is 5.26 Å². The Bertz CT molecular complexity index is 1330. The maximum absolute atomic E-state index is 12.6. The summed E-state index contributed by atoms with van der Waals surface area (Å²) >= 11 is 9.52. The van der Waals surface area contributed by atoms with Gasteiger partial charge in [0, 0.05) is 5.69 Å². The van der Waals surface area contributed by atoms with Gasteiger partial charge in [0.05, 0.1) is 21.8 Å². The SMILES string of the molecule is CCOc1cc(/C=C(/C#N)C(=O)Nc2ccc(C)cc2)cc(Br)c1OCC(=O)Nc1ccccc1Cl. The summed E-state index contributed by atoms with van der Waals surface area (Å²) in [5, 5.41) is 15.4. The summed E-state index contributed by atoms with van der Waals surface area (Å²) in [5.41, 5.74) is 2.57. The van der Waals surface area contributed by atoms with Gasteiger partial charge in [0.25, 0.3) is 11.8 Å². The van der Waals surface area contributed by atoms with Gasteiger partial charge in [-0.2, -0.15) is 5.26 Å². The van der Waals surface area contributed by atoms with Gasteiger partial charge in [-0.05, 0) is 77.8 Å². The van der Waals surface area contributed by atoms with E-state index in [0.29, 0.717) is 44.5 Å². The molecule has 0 aromatic heterocycles. The molecular formula is C27H23BrClN3O4. The second kappa shape index (κ2) is 12.8. The number of aryl methyl sites for hydroxylation is 1. The summed E-state index contributed by atoms with van der Waals surface area (Å²) in [6.45, 7) is 3.79. The molecule has 0 fully saturated rings. The second-order valence-electron chi connectivity index (χ2n) is 7.57. The zero-order valence-corrected chi connectivity index (χ0v) is 21.9. The number of rotatable bonds is 9. The Labute approximate surface area is 222 Å². The van der Waals surface area contributed by atoms with Crippen LogP contribution < -0.4 is 20.1 Å². The Balaban J connectivity index is 1.77. The van der Waals surface area contributed by atoms with Crippen molar-refractivity contribution in [2.75, 3.05) is 23.8 Å². The van der Waals surface area contributed by atoms with Gasteiger partial charge < -0.3 is 20.1 Å². The van der Waals surface area contributed by atoms with Crippen LogP contribution in [-0.4, -0.2) is 25.0 Å². The zero-order chi connectivity index (χ0) is 26.1. The Kier molecular flexibility index (Phi) is 9.51. The van der Waals surface area contributed by atoms with E-state index in [2.05, 4.69) is 26.6 Å². The van der Waals surface area contributed by atoms with Crippen LogP contribution in [0.5, 0.6) is 11.5 Å². The molecule has 184 valence electrons. The highest BCUT2D eigenvalue weighted by atomic mass is 79.9. The molecule has 0 atom stereocenters. The van der Waals surface area contributed by atoms with E-state index in [1.165, 1.54) is 6.08 Å². The number of carbonyl (C=O) groups is 2. The number of amides is 2. The quantitative estimate of drug-likeness (QED) is 0.231. The first-order valence-corrected chi connectivity index (χ1v) is 12.1. The summed E-state index contributed by atoms with van der Waals surface area (Å²) in [7, 11) is 0. The van der Waals surface area contributed by atoms with Gasteiger partial charge in [-0.3, -0.25) is 9.59 Å². The van der Waals surface area contributed by atoms with Crippen LogP contribution in [-0.2, 0) is 9.59 Å². The largest absolute Gasteiger partial charge is 0.490 e. The Morgan fingerprint density at radius 2 is 1.81 bits per heavy atom. The number of nitrogens with zero attached hydrogens (tertiary/aromatic N) is 1. The van der Waals surface area contributed by atoms with Crippen molar-refractivity contribution in [3.63, 3.8) is 0 Å². The fourth-order valence-electron chi connectivity index (χ4n) is 3.11. The lowest BCUT2D eigenvalue weighted by atomic mass is 10.1. The maximum atomic E-state index is 12.6. The van der Waals surface area contributed by atoms with Crippen molar-refractivity contribution >= 4 is 56.8 Å². The fraction of sp³-hybridized carbons (Fsp3) is 0.148. The number of ether oxygens (including phenoxy) is 2. The van der Waals surface area contributed by atoms with Gasteiger partial charge in [-0.25, -0.2) is 0 Å². The first-order valence-electron chi connectivity index (χ1n) is 10.9. The van der Waals surface area contributed by atoms with Gasteiger partial charge in [-0.15, -0.1) is 0 Å². The lowest BCUT2D eigenvalue weighted by Crippen LogP contribution is -2.20. The molecule has 0 unspecified atom stereocenters. The summed E-state index contributed by atoms with van der Waals surface area (Å²) in [5.74, 6) is -0.279. The average Bonchev–Trinajstić information content (AvgIpc) is 2.85. The zero-order valence-electron chi connectivity index (χ0n) is 19.6. The minimum Gasteiger partial charge on any atom is -0.490 e. The smallest absolute Gasteiger partial charge is 0.266 e. The first-order chi connectivity index (χ1) is 17.3. The molecule has 0 aliphatic rings. The number of nitrogens with one attached hydrogen (secondary N) is 2. The average molecular weight is 569 g/mol. The molecule has 2 amide bonds. The van der Waals surface area contributed by atoms with Crippen molar-refractivity contribution < 1.29 is 19.1 Å². The van der Waals surface area contributed by atoms with Crippen LogP contribution in [0.4, 0.5) is 11.4 Å². The molecule has 0 spiro atoms. The minimum absolute atomic E-state index is 0.0855. The van der Waals surface area contributed by atoms with Crippen LogP contribution in [0.1, 0.15) is 18.1 Å². The highest BCUT2D eigenvalue weighted by Crippen LogP contribution is 2.37. The molecule has 0 saturated carbocycles. The third-order valence-electron chi connectivity index (χ3n) is 4.81. The Morgan fingerprint density at radius 1 is 1.08 bits per heavy atom. The van der Waals surface area contributed by atoms with E-state index >= 15 is 0 Å². The summed E-state index contributed by atoms with van der Waals surface area (Å²) in [6.07, 6.45) is 1.45. The normalized spacial score (nSPS) is 10.8. The van der Waals surface area contributed by atoms with Gasteiger partial charge in [0.1, 0.15) is 11.6 Å². The number of hydrogen-bond acceptors (Lipinski definition) is 5. The molecule has 0 radical (unpaired) electrons. The molecule has 0 saturated heterocycles. The number of halogens is 2.